The zero-order valence-corrected chi connectivity index (χ0v) is 10.4. The van der Waals surface area contributed by atoms with Crippen molar-refractivity contribution in [3.05, 3.63) is 30.4 Å². The van der Waals surface area contributed by atoms with Gasteiger partial charge >= 0.3 is 6.55 Å². The zero-order valence-electron chi connectivity index (χ0n) is 10.4. The minimum absolute atomic E-state index is 0.0717. The van der Waals surface area contributed by atoms with E-state index < -0.39 is 12.5 Å². The molecule has 0 fully saturated rings. The van der Waals surface area contributed by atoms with Gasteiger partial charge in [0.05, 0.1) is 11.9 Å². The summed E-state index contributed by atoms with van der Waals surface area (Å²) >= 11 is 0. The highest BCUT2D eigenvalue weighted by molar-refractivity contribution is 6.02. The van der Waals surface area contributed by atoms with E-state index in [4.69, 9.17) is 0 Å². The fourth-order valence-corrected chi connectivity index (χ4v) is 1.45. The summed E-state index contributed by atoms with van der Waals surface area (Å²) in [5.41, 5.74) is 0.419. The second kappa shape index (κ2) is 5.17. The summed E-state index contributed by atoms with van der Waals surface area (Å²) in [5.74, 6) is -0.553. The van der Waals surface area contributed by atoms with E-state index in [0.29, 0.717) is 10.4 Å². The van der Waals surface area contributed by atoms with E-state index in [1.807, 2.05) is 13.8 Å². The Balaban J connectivity index is 2.07. The molecule has 0 aliphatic heterocycles. The molecule has 8 heteroatoms. The van der Waals surface area contributed by atoms with E-state index in [2.05, 4.69) is 15.5 Å². The van der Waals surface area contributed by atoms with Crippen LogP contribution in [0.3, 0.4) is 0 Å². The van der Waals surface area contributed by atoms with Crippen molar-refractivity contribution in [2.24, 2.45) is 0 Å². The Labute approximate surface area is 108 Å². The van der Waals surface area contributed by atoms with Gasteiger partial charge in [-0.3, -0.25) is 9.48 Å². The maximum absolute atomic E-state index is 12.3. The number of hydrogen-bond acceptors (Lipinski definition) is 3. The molecule has 6 nitrogen and oxygen atoms in total. The van der Waals surface area contributed by atoms with Gasteiger partial charge in [-0.25, -0.2) is 4.68 Å². The summed E-state index contributed by atoms with van der Waals surface area (Å²) < 4.78 is 26.7. The molecule has 0 aliphatic rings. The molecule has 0 saturated heterocycles. The third kappa shape index (κ3) is 2.95. The van der Waals surface area contributed by atoms with Gasteiger partial charge in [-0.05, 0) is 19.9 Å². The van der Waals surface area contributed by atoms with Crippen molar-refractivity contribution in [3.8, 4) is 0 Å². The van der Waals surface area contributed by atoms with E-state index in [9.17, 15) is 13.6 Å². The largest absolute Gasteiger partial charge is 0.333 e. The molecule has 1 N–H and O–H groups in total. The number of halogens is 2. The predicted molar refractivity (Wildman–Crippen MR) is 64.0 cm³/mol. The van der Waals surface area contributed by atoms with Crippen LogP contribution >= 0.6 is 0 Å². The van der Waals surface area contributed by atoms with Gasteiger partial charge in [0.2, 0.25) is 0 Å². The van der Waals surface area contributed by atoms with Crippen LogP contribution in [0.15, 0.2) is 24.7 Å². The van der Waals surface area contributed by atoms with E-state index in [0.717, 1.165) is 6.20 Å². The molecule has 0 spiro atoms. The topological polar surface area (TPSA) is 64.7 Å². The van der Waals surface area contributed by atoms with Gasteiger partial charge in [-0.1, -0.05) is 0 Å². The van der Waals surface area contributed by atoms with Crippen molar-refractivity contribution >= 4 is 11.6 Å². The Morgan fingerprint density at radius 3 is 2.63 bits per heavy atom. The lowest BCUT2D eigenvalue weighted by Gasteiger charge is -2.03. The predicted octanol–water partition coefficient (Wildman–Crippen LogP) is 2.31. The van der Waals surface area contributed by atoms with Crippen LogP contribution in [0, 0.1) is 0 Å². The number of carbonyl (C=O) groups excluding carboxylic acids is 1. The second-order valence-corrected chi connectivity index (χ2v) is 4.22. The quantitative estimate of drug-likeness (QED) is 0.926. The van der Waals surface area contributed by atoms with Crippen LogP contribution in [0.2, 0.25) is 0 Å². The summed E-state index contributed by atoms with van der Waals surface area (Å²) in [4.78, 5) is 11.8. The lowest BCUT2D eigenvalue weighted by atomic mass is 10.4. The lowest BCUT2D eigenvalue weighted by molar-refractivity contribution is 0.0561. The van der Waals surface area contributed by atoms with Crippen LogP contribution in [0.4, 0.5) is 14.5 Å². The van der Waals surface area contributed by atoms with Gasteiger partial charge in [-0.2, -0.15) is 19.0 Å². The number of nitrogens with zero attached hydrogens (tertiary/aromatic N) is 4. The number of amides is 1. The minimum atomic E-state index is -2.76. The SMILES string of the molecule is CC(C)n1cc(NC(=O)c2ccn(C(F)F)n2)cn1. The Bertz CT molecular complexity index is 575. The van der Waals surface area contributed by atoms with Crippen LogP contribution in [0.1, 0.15) is 36.9 Å². The van der Waals surface area contributed by atoms with Crippen LogP contribution in [0.5, 0.6) is 0 Å². The standard InChI is InChI=1S/C11H13F2N5O/c1-7(2)18-6-8(5-14-18)15-10(19)9-3-4-17(16-9)11(12)13/h3-7,11H,1-2H3,(H,15,19). The molecule has 0 aromatic carbocycles. The van der Waals surface area contributed by atoms with Gasteiger partial charge in [0.25, 0.3) is 5.91 Å². The Morgan fingerprint density at radius 2 is 2.11 bits per heavy atom. The molecule has 0 bridgehead atoms. The maximum Gasteiger partial charge on any atom is 0.333 e. The van der Waals surface area contributed by atoms with Gasteiger partial charge < -0.3 is 5.32 Å². The van der Waals surface area contributed by atoms with E-state index in [1.165, 1.54) is 12.3 Å². The van der Waals surface area contributed by atoms with Crippen LogP contribution in [-0.2, 0) is 0 Å². The first-order valence-electron chi connectivity index (χ1n) is 5.66. The molecule has 2 aromatic heterocycles. The molecule has 1 amide bonds. The first kappa shape index (κ1) is 13.2. The van der Waals surface area contributed by atoms with E-state index in [1.54, 1.807) is 10.9 Å². The van der Waals surface area contributed by atoms with E-state index in [-0.39, 0.29) is 11.7 Å². The molecule has 0 saturated carbocycles. The normalized spacial score (nSPS) is 11.3. The number of anilines is 1. The number of nitrogens with one attached hydrogen (secondary N) is 1. The molecular formula is C11H13F2N5O. The molecule has 0 aliphatic carbocycles. The molecule has 0 unspecified atom stereocenters. The van der Waals surface area contributed by atoms with Crippen molar-refractivity contribution < 1.29 is 13.6 Å². The van der Waals surface area contributed by atoms with Gasteiger partial charge in [0, 0.05) is 18.4 Å². The molecule has 102 valence electrons. The molecule has 2 rings (SSSR count). The van der Waals surface area contributed by atoms with Gasteiger partial charge in [-0.15, -0.1) is 0 Å². The number of hydrogen-bond donors (Lipinski definition) is 1. The van der Waals surface area contributed by atoms with Crippen molar-refractivity contribution in [1.29, 1.82) is 0 Å². The zero-order chi connectivity index (χ0) is 14.0. The average Bonchev–Trinajstić information content (AvgIpc) is 2.96. The summed E-state index contributed by atoms with van der Waals surface area (Å²) in [6.45, 7) is 1.14. The van der Waals surface area contributed by atoms with Crippen LogP contribution < -0.4 is 5.32 Å². The Hall–Kier alpha value is -2.25. The molecule has 0 radical (unpaired) electrons. The third-order valence-corrected chi connectivity index (χ3v) is 2.43. The Kier molecular flexibility index (Phi) is 3.59. The number of alkyl halides is 2. The first-order valence-corrected chi connectivity index (χ1v) is 5.66. The fourth-order valence-electron chi connectivity index (χ4n) is 1.45. The average molecular weight is 269 g/mol. The highest BCUT2D eigenvalue weighted by Gasteiger charge is 2.14. The number of carbonyl (C=O) groups is 1. The molecule has 2 heterocycles. The van der Waals surface area contributed by atoms with Crippen molar-refractivity contribution in [2.75, 3.05) is 5.32 Å². The summed E-state index contributed by atoms with van der Waals surface area (Å²) in [5, 5.41) is 10.1. The van der Waals surface area contributed by atoms with E-state index >= 15 is 0 Å². The number of aromatic nitrogens is 4. The third-order valence-electron chi connectivity index (χ3n) is 2.43. The second-order valence-electron chi connectivity index (χ2n) is 4.22. The fraction of sp³-hybridized carbons (Fsp3) is 0.364. The van der Waals surface area contributed by atoms with Crippen LogP contribution in [0.25, 0.3) is 0 Å². The monoisotopic (exact) mass is 269 g/mol. The summed E-state index contributed by atoms with van der Waals surface area (Å²) in [7, 11) is 0. The van der Waals surface area contributed by atoms with Gasteiger partial charge in [0.1, 0.15) is 0 Å². The number of rotatable bonds is 4. The van der Waals surface area contributed by atoms with Crippen LogP contribution in [-0.4, -0.2) is 25.5 Å². The highest BCUT2D eigenvalue weighted by atomic mass is 19.3. The molecule has 2 aromatic rings. The summed E-state index contributed by atoms with van der Waals surface area (Å²) in [6, 6.07) is 1.40. The van der Waals surface area contributed by atoms with Gasteiger partial charge in [0.15, 0.2) is 5.69 Å². The smallest absolute Gasteiger partial charge is 0.318 e. The highest BCUT2D eigenvalue weighted by Crippen LogP contribution is 2.12. The lowest BCUT2D eigenvalue weighted by Crippen LogP contribution is -2.13. The minimum Gasteiger partial charge on any atom is -0.318 e. The van der Waals surface area contributed by atoms with Crippen molar-refractivity contribution in [2.45, 2.75) is 26.4 Å². The Morgan fingerprint density at radius 1 is 1.37 bits per heavy atom. The van der Waals surface area contributed by atoms with Crippen molar-refractivity contribution in [3.63, 3.8) is 0 Å². The molecule has 19 heavy (non-hydrogen) atoms. The summed E-state index contributed by atoms with van der Waals surface area (Å²) in [6.07, 6.45) is 4.20. The maximum atomic E-state index is 12.3. The van der Waals surface area contributed by atoms with Crippen molar-refractivity contribution in [1.82, 2.24) is 19.6 Å². The first-order chi connectivity index (χ1) is 8.97. The molecule has 0 atom stereocenters. The molecular weight excluding hydrogens is 256 g/mol.